The second-order valence-corrected chi connectivity index (χ2v) is 5.64. The number of allylic oxidation sites excluding steroid dienone is 3. The summed E-state index contributed by atoms with van der Waals surface area (Å²) in [7, 11) is 0. The number of nitrogens with zero attached hydrogens (tertiary/aromatic N) is 1. The summed E-state index contributed by atoms with van der Waals surface area (Å²) in [5, 5.41) is 2.14. The van der Waals surface area contributed by atoms with Gasteiger partial charge in [0.05, 0.1) is 5.57 Å². The van der Waals surface area contributed by atoms with E-state index in [-0.39, 0.29) is 24.0 Å². The van der Waals surface area contributed by atoms with Gasteiger partial charge in [0.25, 0.3) is 11.8 Å². The number of unbranched alkanes of at least 4 members (excludes halogenated alkanes) is 1. The number of rotatable bonds is 3. The van der Waals surface area contributed by atoms with Crippen LogP contribution in [0.3, 0.4) is 0 Å². The van der Waals surface area contributed by atoms with E-state index < -0.39 is 29.7 Å². The van der Waals surface area contributed by atoms with Gasteiger partial charge in [0.2, 0.25) is 11.8 Å². The van der Waals surface area contributed by atoms with E-state index in [4.69, 9.17) is 0 Å². The molecule has 2 rings (SSSR count). The molecule has 0 spiro atoms. The van der Waals surface area contributed by atoms with Crippen molar-refractivity contribution < 1.29 is 19.2 Å². The van der Waals surface area contributed by atoms with Crippen molar-refractivity contribution in [3.05, 3.63) is 36.0 Å². The smallest absolute Gasteiger partial charge is 0.262 e. The van der Waals surface area contributed by atoms with Gasteiger partial charge in [0.1, 0.15) is 6.04 Å². The van der Waals surface area contributed by atoms with Gasteiger partial charge in [-0.1, -0.05) is 25.7 Å². The van der Waals surface area contributed by atoms with Crippen molar-refractivity contribution in [1.82, 2.24) is 10.2 Å². The van der Waals surface area contributed by atoms with Crippen LogP contribution in [0.2, 0.25) is 0 Å². The third kappa shape index (κ3) is 4.79. The van der Waals surface area contributed by atoms with Gasteiger partial charge in [-0.2, -0.15) is 0 Å². The van der Waals surface area contributed by atoms with Crippen LogP contribution in [0.5, 0.6) is 0 Å². The quantitative estimate of drug-likeness (QED) is 0.476. The maximum absolute atomic E-state index is 12.3. The van der Waals surface area contributed by atoms with E-state index in [1.165, 1.54) is 24.6 Å². The third-order valence-electron chi connectivity index (χ3n) is 3.84. The van der Waals surface area contributed by atoms with Gasteiger partial charge in [-0.15, -0.1) is 11.8 Å². The molecule has 0 bridgehead atoms. The Morgan fingerprint density at radius 3 is 2.35 bits per heavy atom. The summed E-state index contributed by atoms with van der Waals surface area (Å²) in [5.74, 6) is 3.72. The van der Waals surface area contributed by atoms with Crippen molar-refractivity contribution in [3.63, 3.8) is 0 Å². The molecule has 0 aliphatic carbocycles. The Balaban J connectivity index is 0.000000487. The molecule has 2 fully saturated rings. The number of carbonyl (C=O) groups excluding carboxylic acids is 4. The van der Waals surface area contributed by atoms with Gasteiger partial charge >= 0.3 is 0 Å². The minimum atomic E-state index is -0.932. The number of imide groups is 2. The van der Waals surface area contributed by atoms with Crippen molar-refractivity contribution in [2.45, 2.75) is 52.5 Å². The average Bonchev–Trinajstić information content (AvgIpc) is 2.84. The van der Waals surface area contributed by atoms with Crippen molar-refractivity contribution in [2.24, 2.45) is 0 Å². The fraction of sp³-hybridized carbons (Fsp3) is 0.400. The van der Waals surface area contributed by atoms with E-state index in [1.54, 1.807) is 6.92 Å². The largest absolute Gasteiger partial charge is 0.295 e. The number of amides is 4. The maximum atomic E-state index is 12.3. The van der Waals surface area contributed by atoms with Crippen LogP contribution in [-0.2, 0) is 19.2 Å². The summed E-state index contributed by atoms with van der Waals surface area (Å²) < 4.78 is 0. The van der Waals surface area contributed by atoms with Crippen LogP contribution in [0.4, 0.5) is 0 Å². The lowest BCUT2D eigenvalue weighted by molar-refractivity contribution is -0.149. The Bertz CT molecular complexity index is 735. The third-order valence-corrected chi connectivity index (χ3v) is 3.84. The highest BCUT2D eigenvalue weighted by molar-refractivity contribution is 6.26. The molecule has 1 unspecified atom stereocenters. The van der Waals surface area contributed by atoms with Gasteiger partial charge in [-0.05, 0) is 32.8 Å². The predicted molar refractivity (Wildman–Crippen MR) is 98.4 cm³/mol. The molecule has 4 amide bonds. The van der Waals surface area contributed by atoms with Crippen LogP contribution in [0.1, 0.15) is 46.5 Å². The van der Waals surface area contributed by atoms with Crippen molar-refractivity contribution >= 4 is 23.6 Å². The normalized spacial score (nSPS) is 22.6. The van der Waals surface area contributed by atoms with Gasteiger partial charge in [-0.25, -0.2) is 0 Å². The minimum absolute atomic E-state index is 0.110. The Morgan fingerprint density at radius 2 is 1.88 bits per heavy atom. The zero-order valence-corrected chi connectivity index (χ0v) is 15.4. The first-order valence-electron chi connectivity index (χ1n) is 8.53. The maximum Gasteiger partial charge on any atom is 0.262 e. The van der Waals surface area contributed by atoms with Crippen molar-refractivity contribution in [2.75, 3.05) is 0 Å². The summed E-state index contributed by atoms with van der Waals surface area (Å²) in [5.41, 5.74) is 0.469. The first kappa shape index (κ1) is 21.1. The fourth-order valence-corrected chi connectivity index (χ4v) is 2.60. The molecule has 2 aliphatic rings. The lowest BCUT2D eigenvalue weighted by Gasteiger charge is -2.27. The number of hydrogen-bond donors (Lipinski definition) is 1. The lowest BCUT2D eigenvalue weighted by atomic mass is 10.0. The van der Waals surface area contributed by atoms with E-state index in [0.29, 0.717) is 0 Å². The second kappa shape index (κ2) is 10.1. The van der Waals surface area contributed by atoms with Gasteiger partial charge in [0, 0.05) is 18.4 Å². The minimum Gasteiger partial charge on any atom is -0.295 e. The Kier molecular flexibility index (Phi) is 8.23. The number of hydrogen-bond acceptors (Lipinski definition) is 4. The van der Waals surface area contributed by atoms with E-state index in [2.05, 4.69) is 30.7 Å². The number of nitrogens with one attached hydrogen (secondary N) is 1. The fourth-order valence-electron chi connectivity index (χ4n) is 2.60. The highest BCUT2D eigenvalue weighted by Crippen LogP contribution is 2.29. The molecule has 6 nitrogen and oxygen atoms in total. The number of piperidine rings is 1. The molecule has 2 aliphatic heterocycles. The molecule has 0 aromatic rings. The molecule has 0 aromatic heterocycles. The average molecular weight is 356 g/mol. The molecular weight excluding hydrogens is 332 g/mol. The summed E-state index contributed by atoms with van der Waals surface area (Å²) in [4.78, 5) is 48.4. The molecule has 0 radical (unpaired) electrons. The molecule has 2 saturated heterocycles. The first-order chi connectivity index (χ1) is 12.4. The van der Waals surface area contributed by atoms with Crippen LogP contribution in [0.15, 0.2) is 36.0 Å². The molecule has 2 heterocycles. The van der Waals surface area contributed by atoms with Crippen LogP contribution >= 0.6 is 0 Å². The van der Waals surface area contributed by atoms with E-state index in [0.717, 1.165) is 11.3 Å². The van der Waals surface area contributed by atoms with Crippen LogP contribution < -0.4 is 5.32 Å². The Labute approximate surface area is 154 Å². The molecule has 138 valence electrons. The number of carbonyl (C=O) groups is 4. The zero-order valence-electron chi connectivity index (χ0n) is 15.4. The molecular formula is C20H24N2O4. The molecule has 26 heavy (non-hydrogen) atoms. The molecule has 0 aromatic carbocycles. The Morgan fingerprint density at radius 1 is 1.23 bits per heavy atom. The topological polar surface area (TPSA) is 83.6 Å². The number of likely N-dealkylation sites (tertiary alicyclic amines) is 1. The zero-order chi connectivity index (χ0) is 19.7. The summed E-state index contributed by atoms with van der Waals surface area (Å²) in [6.07, 6.45) is 6.89. The van der Waals surface area contributed by atoms with E-state index in [1.807, 2.05) is 6.92 Å². The predicted octanol–water partition coefficient (Wildman–Crippen LogP) is 2.03. The summed E-state index contributed by atoms with van der Waals surface area (Å²) in [6.45, 7) is 9.15. The highest BCUT2D eigenvalue weighted by Gasteiger charge is 2.45. The molecule has 0 saturated carbocycles. The lowest BCUT2D eigenvalue weighted by Crippen LogP contribution is -2.54. The standard InChI is InChI=1S/C14H14N2O4.C6H10/c1-3-5-9-8(4-2)13(19)16(14(9)20)10-6-7-11(17)15-12(10)18;1-3-5-6-4-2/h3-5,10H,1,6-7H2,2H3,(H,15,17,18);3,5H2,1-2H3/b8-4+,9-5+;. The van der Waals surface area contributed by atoms with Crippen LogP contribution in [-0.4, -0.2) is 34.6 Å². The monoisotopic (exact) mass is 356 g/mol. The molecule has 1 atom stereocenters. The van der Waals surface area contributed by atoms with Gasteiger partial charge in [0.15, 0.2) is 0 Å². The van der Waals surface area contributed by atoms with Crippen LogP contribution in [0.25, 0.3) is 0 Å². The highest BCUT2D eigenvalue weighted by atomic mass is 16.2. The molecule has 1 N–H and O–H groups in total. The van der Waals surface area contributed by atoms with E-state index >= 15 is 0 Å². The SMILES string of the molecule is C=C/C=C1/C(=O)N(C2CCC(=O)NC2=O)C(=O)/C1=C/C.CC#CCCC. The van der Waals surface area contributed by atoms with Crippen molar-refractivity contribution in [3.8, 4) is 11.8 Å². The summed E-state index contributed by atoms with van der Waals surface area (Å²) in [6, 6.07) is -0.932. The Hall–Kier alpha value is -2.94. The molecule has 6 heteroatoms. The van der Waals surface area contributed by atoms with Gasteiger partial charge in [-0.3, -0.25) is 29.4 Å². The van der Waals surface area contributed by atoms with Crippen LogP contribution in [0, 0.1) is 11.8 Å². The first-order valence-corrected chi connectivity index (χ1v) is 8.53. The van der Waals surface area contributed by atoms with Crippen molar-refractivity contribution in [1.29, 1.82) is 0 Å². The summed E-state index contributed by atoms with van der Waals surface area (Å²) >= 11 is 0. The van der Waals surface area contributed by atoms with E-state index in [9.17, 15) is 19.2 Å². The van der Waals surface area contributed by atoms with Gasteiger partial charge < -0.3 is 0 Å². The second-order valence-electron chi connectivity index (χ2n) is 5.64.